The highest BCUT2D eigenvalue weighted by molar-refractivity contribution is 7.92. The van der Waals surface area contributed by atoms with Crippen LogP contribution in [0.1, 0.15) is 26.2 Å². The van der Waals surface area contributed by atoms with E-state index in [4.69, 9.17) is 0 Å². The van der Waals surface area contributed by atoms with Gasteiger partial charge in [-0.05, 0) is 31.0 Å². The Bertz CT molecular complexity index is 1090. The number of carbonyl (C=O) groups is 1. The number of nitrogens with one attached hydrogen (secondary N) is 1. The Kier molecular flexibility index (Phi) is 4.40. The summed E-state index contributed by atoms with van der Waals surface area (Å²) < 4.78 is 26.9. The largest absolute Gasteiger partial charge is 0.367 e. The predicted octanol–water partition coefficient (Wildman–Crippen LogP) is 3.13. The van der Waals surface area contributed by atoms with E-state index in [9.17, 15) is 13.2 Å². The maximum atomic E-state index is 13.5. The van der Waals surface area contributed by atoms with E-state index in [0.717, 1.165) is 50.3 Å². The van der Waals surface area contributed by atoms with E-state index in [2.05, 4.69) is 21.2 Å². The summed E-state index contributed by atoms with van der Waals surface area (Å²) in [6, 6.07) is 11.6. The lowest BCUT2D eigenvalue weighted by Gasteiger charge is -2.33. The molecule has 2 aromatic rings. The van der Waals surface area contributed by atoms with Crippen LogP contribution in [-0.4, -0.2) is 51.4 Å². The standard InChI is InChI=1S/C22H25N3O3S/c1-2-21(26)23-19-5-3-4-18-17-7-6-16(14-20(17)29(27,28)22(18)19)25-13-12-24-10-8-15(25)9-11-24/h3-7,14-15H,2,8-13H2,1H3,(H,23,26). The highest BCUT2D eigenvalue weighted by Crippen LogP contribution is 2.48. The first-order chi connectivity index (χ1) is 14.0. The van der Waals surface area contributed by atoms with Crippen LogP contribution in [0.5, 0.6) is 0 Å². The molecule has 1 N–H and O–H groups in total. The number of benzene rings is 2. The molecule has 29 heavy (non-hydrogen) atoms. The van der Waals surface area contributed by atoms with Gasteiger partial charge in [0.15, 0.2) is 0 Å². The highest BCUT2D eigenvalue weighted by atomic mass is 32.2. The minimum Gasteiger partial charge on any atom is -0.367 e. The molecule has 0 aliphatic carbocycles. The van der Waals surface area contributed by atoms with Crippen molar-refractivity contribution in [3.05, 3.63) is 36.4 Å². The molecule has 4 aliphatic rings. The Hall–Kier alpha value is -2.38. The number of nitrogens with zero attached hydrogens (tertiary/aromatic N) is 2. The molecule has 0 radical (unpaired) electrons. The quantitative estimate of drug-likeness (QED) is 0.717. The summed E-state index contributed by atoms with van der Waals surface area (Å²) in [6.45, 7) is 5.94. The molecule has 0 aromatic heterocycles. The fourth-order valence-corrected chi connectivity index (χ4v) is 6.69. The monoisotopic (exact) mass is 411 g/mol. The van der Waals surface area contributed by atoms with E-state index in [0.29, 0.717) is 28.6 Å². The van der Waals surface area contributed by atoms with Crippen LogP contribution in [0.3, 0.4) is 0 Å². The molecule has 6 nitrogen and oxygen atoms in total. The number of fused-ring (bicyclic) bond motifs is 7. The average molecular weight is 412 g/mol. The van der Waals surface area contributed by atoms with Crippen LogP contribution in [0.15, 0.2) is 46.2 Å². The molecule has 0 saturated carbocycles. The Labute approximate surface area is 171 Å². The summed E-state index contributed by atoms with van der Waals surface area (Å²) in [4.78, 5) is 17.3. The Morgan fingerprint density at radius 3 is 2.62 bits per heavy atom. The van der Waals surface area contributed by atoms with Crippen molar-refractivity contribution in [2.75, 3.05) is 36.4 Å². The Morgan fingerprint density at radius 1 is 1.07 bits per heavy atom. The third kappa shape index (κ3) is 2.95. The zero-order chi connectivity index (χ0) is 20.2. The second kappa shape index (κ2) is 6.85. The molecule has 3 fully saturated rings. The number of sulfone groups is 1. The maximum absolute atomic E-state index is 13.5. The molecule has 2 bridgehead atoms. The minimum atomic E-state index is -3.69. The Balaban J connectivity index is 1.58. The number of hydrogen-bond donors (Lipinski definition) is 1. The van der Waals surface area contributed by atoms with E-state index in [1.54, 1.807) is 19.1 Å². The molecule has 7 heteroatoms. The summed E-state index contributed by atoms with van der Waals surface area (Å²) in [5, 5.41) is 2.76. The molecule has 0 spiro atoms. The van der Waals surface area contributed by atoms with Gasteiger partial charge in [0, 0.05) is 55.5 Å². The third-order valence-electron chi connectivity index (χ3n) is 6.41. The van der Waals surface area contributed by atoms with E-state index in [-0.39, 0.29) is 10.8 Å². The molecule has 4 heterocycles. The van der Waals surface area contributed by atoms with Gasteiger partial charge in [-0.25, -0.2) is 8.42 Å². The zero-order valence-electron chi connectivity index (χ0n) is 16.5. The van der Waals surface area contributed by atoms with Crippen molar-refractivity contribution in [2.45, 2.75) is 42.0 Å². The van der Waals surface area contributed by atoms with Crippen molar-refractivity contribution in [1.82, 2.24) is 4.90 Å². The first-order valence-corrected chi connectivity index (χ1v) is 11.8. The maximum Gasteiger partial charge on any atom is 0.224 e. The van der Waals surface area contributed by atoms with Crippen LogP contribution >= 0.6 is 0 Å². The zero-order valence-corrected chi connectivity index (χ0v) is 17.3. The molecule has 2 aromatic carbocycles. The normalized spacial score (nSPS) is 24.0. The summed E-state index contributed by atoms with van der Waals surface area (Å²) >= 11 is 0. The first kappa shape index (κ1) is 18.6. The number of anilines is 2. The van der Waals surface area contributed by atoms with E-state index in [1.807, 2.05) is 18.2 Å². The second-order valence-electron chi connectivity index (χ2n) is 8.03. The lowest BCUT2D eigenvalue weighted by molar-refractivity contribution is -0.115. The van der Waals surface area contributed by atoms with Crippen molar-refractivity contribution in [3.8, 4) is 11.1 Å². The van der Waals surface area contributed by atoms with Crippen molar-refractivity contribution < 1.29 is 13.2 Å². The summed E-state index contributed by atoms with van der Waals surface area (Å²) in [5.41, 5.74) is 2.74. The predicted molar refractivity (Wildman–Crippen MR) is 113 cm³/mol. The number of hydrogen-bond acceptors (Lipinski definition) is 5. The van der Waals surface area contributed by atoms with Gasteiger partial charge in [0.25, 0.3) is 0 Å². The van der Waals surface area contributed by atoms with Gasteiger partial charge >= 0.3 is 0 Å². The topological polar surface area (TPSA) is 69.7 Å². The van der Waals surface area contributed by atoms with Gasteiger partial charge in [0.1, 0.15) is 4.90 Å². The van der Waals surface area contributed by atoms with Crippen molar-refractivity contribution in [3.63, 3.8) is 0 Å². The van der Waals surface area contributed by atoms with Crippen molar-refractivity contribution in [1.29, 1.82) is 0 Å². The summed E-state index contributed by atoms with van der Waals surface area (Å²) in [5.74, 6) is -0.194. The van der Waals surface area contributed by atoms with E-state index >= 15 is 0 Å². The second-order valence-corrected chi connectivity index (χ2v) is 9.89. The van der Waals surface area contributed by atoms with Crippen LogP contribution in [-0.2, 0) is 14.6 Å². The third-order valence-corrected chi connectivity index (χ3v) is 8.30. The molecule has 1 amide bonds. The number of piperidine rings is 1. The van der Waals surface area contributed by atoms with Crippen LogP contribution in [0.2, 0.25) is 0 Å². The molecule has 6 rings (SSSR count). The molecule has 0 unspecified atom stereocenters. The fourth-order valence-electron chi connectivity index (χ4n) is 4.85. The van der Waals surface area contributed by atoms with Crippen molar-refractivity contribution in [2.24, 2.45) is 0 Å². The van der Waals surface area contributed by atoms with Gasteiger partial charge in [-0.3, -0.25) is 4.79 Å². The molecular weight excluding hydrogens is 386 g/mol. The minimum absolute atomic E-state index is 0.194. The molecule has 4 aliphatic heterocycles. The molecule has 3 saturated heterocycles. The van der Waals surface area contributed by atoms with Crippen LogP contribution in [0.25, 0.3) is 11.1 Å². The van der Waals surface area contributed by atoms with Gasteiger partial charge in [-0.15, -0.1) is 0 Å². The summed E-state index contributed by atoms with van der Waals surface area (Å²) in [6.07, 6.45) is 2.54. The fraction of sp³-hybridized carbons (Fsp3) is 0.409. The Morgan fingerprint density at radius 2 is 1.86 bits per heavy atom. The molecule has 0 atom stereocenters. The van der Waals surface area contributed by atoms with Gasteiger partial charge in [-0.1, -0.05) is 25.1 Å². The van der Waals surface area contributed by atoms with Gasteiger partial charge in [-0.2, -0.15) is 0 Å². The smallest absolute Gasteiger partial charge is 0.224 e. The van der Waals surface area contributed by atoms with Crippen LogP contribution in [0, 0.1) is 0 Å². The highest BCUT2D eigenvalue weighted by Gasteiger charge is 2.37. The van der Waals surface area contributed by atoms with Gasteiger partial charge < -0.3 is 15.1 Å². The number of amides is 1. The number of carbonyl (C=O) groups excluding carboxylic acids is 1. The van der Waals surface area contributed by atoms with Gasteiger partial charge in [0.2, 0.25) is 15.7 Å². The summed E-state index contributed by atoms with van der Waals surface area (Å²) in [7, 11) is -3.69. The lowest BCUT2D eigenvalue weighted by Crippen LogP contribution is -2.37. The SMILES string of the molecule is CCC(=O)Nc1cccc2c1S(=O)(=O)c1cc(N3CCN4CCC3CC4)ccc1-2. The van der Waals surface area contributed by atoms with Crippen molar-refractivity contribution >= 4 is 27.1 Å². The van der Waals surface area contributed by atoms with E-state index < -0.39 is 9.84 Å². The number of rotatable bonds is 3. The molecule has 152 valence electrons. The van der Waals surface area contributed by atoms with Crippen LogP contribution < -0.4 is 10.2 Å². The van der Waals surface area contributed by atoms with E-state index in [1.165, 1.54) is 0 Å². The van der Waals surface area contributed by atoms with Crippen LogP contribution in [0.4, 0.5) is 11.4 Å². The van der Waals surface area contributed by atoms with Gasteiger partial charge in [0.05, 0.1) is 10.6 Å². The first-order valence-electron chi connectivity index (χ1n) is 10.3. The molecular formula is C22H25N3O3S. The lowest BCUT2D eigenvalue weighted by atomic mass is 10.0. The average Bonchev–Trinajstić information content (AvgIpc) is 2.93.